The van der Waals surface area contributed by atoms with E-state index in [-0.39, 0.29) is 6.04 Å². The zero-order chi connectivity index (χ0) is 12.3. The van der Waals surface area contributed by atoms with Crippen molar-refractivity contribution in [1.29, 1.82) is 0 Å². The van der Waals surface area contributed by atoms with Gasteiger partial charge in [0.15, 0.2) is 0 Å². The highest BCUT2D eigenvalue weighted by molar-refractivity contribution is 7.09. The summed E-state index contributed by atoms with van der Waals surface area (Å²) in [5.41, 5.74) is 8.59. The highest BCUT2D eigenvalue weighted by Crippen LogP contribution is 2.28. The van der Waals surface area contributed by atoms with Crippen LogP contribution in [0.4, 0.5) is 0 Å². The van der Waals surface area contributed by atoms with Gasteiger partial charge in [0.25, 0.3) is 0 Å². The standard InChI is InChI=1S/C12H13ClN2OS/c1-8(14)11-4-9(13)2-3-12(11)16-6-10-5-15-7-17-10/h2-5,7-8H,6,14H2,1H3/t8-/m0/s1. The summed E-state index contributed by atoms with van der Waals surface area (Å²) in [5, 5.41) is 0.669. The van der Waals surface area contributed by atoms with Gasteiger partial charge in [0.05, 0.1) is 10.4 Å². The first kappa shape index (κ1) is 12.4. The molecule has 0 saturated heterocycles. The summed E-state index contributed by atoms with van der Waals surface area (Å²) in [6, 6.07) is 5.39. The van der Waals surface area contributed by atoms with Gasteiger partial charge in [-0.1, -0.05) is 11.6 Å². The molecule has 5 heteroatoms. The largest absolute Gasteiger partial charge is 0.488 e. The van der Waals surface area contributed by atoms with Gasteiger partial charge in [-0.2, -0.15) is 0 Å². The number of nitrogens with zero attached hydrogens (tertiary/aromatic N) is 1. The van der Waals surface area contributed by atoms with Crippen molar-refractivity contribution in [3.05, 3.63) is 45.4 Å². The lowest BCUT2D eigenvalue weighted by molar-refractivity contribution is 0.305. The first-order valence-corrected chi connectivity index (χ1v) is 6.48. The van der Waals surface area contributed by atoms with E-state index >= 15 is 0 Å². The molecule has 0 aliphatic carbocycles. The number of hydrogen-bond acceptors (Lipinski definition) is 4. The fourth-order valence-electron chi connectivity index (χ4n) is 1.47. The van der Waals surface area contributed by atoms with Crippen LogP contribution in [0.25, 0.3) is 0 Å². The van der Waals surface area contributed by atoms with Gasteiger partial charge in [-0.15, -0.1) is 11.3 Å². The molecule has 0 aliphatic heterocycles. The molecule has 0 aliphatic rings. The van der Waals surface area contributed by atoms with Crippen molar-refractivity contribution in [2.75, 3.05) is 0 Å². The molecular weight excluding hydrogens is 256 g/mol. The number of benzene rings is 1. The van der Waals surface area contributed by atoms with Crippen molar-refractivity contribution < 1.29 is 4.74 Å². The second kappa shape index (κ2) is 5.49. The Morgan fingerprint density at radius 1 is 1.53 bits per heavy atom. The number of rotatable bonds is 4. The van der Waals surface area contributed by atoms with Gasteiger partial charge >= 0.3 is 0 Å². The first-order valence-electron chi connectivity index (χ1n) is 5.22. The minimum atomic E-state index is -0.106. The van der Waals surface area contributed by atoms with Crippen molar-refractivity contribution in [1.82, 2.24) is 4.98 Å². The molecule has 1 aromatic heterocycles. The van der Waals surface area contributed by atoms with E-state index in [1.807, 2.05) is 19.1 Å². The number of halogens is 1. The monoisotopic (exact) mass is 268 g/mol. The normalized spacial score (nSPS) is 12.4. The Labute approximate surface area is 109 Å². The quantitative estimate of drug-likeness (QED) is 0.925. The maximum absolute atomic E-state index is 5.94. The minimum Gasteiger partial charge on any atom is -0.488 e. The SMILES string of the molecule is C[C@H](N)c1cc(Cl)ccc1OCc1cncs1. The molecule has 0 spiro atoms. The molecule has 2 aromatic rings. The Bertz CT molecular complexity index is 485. The molecule has 0 fully saturated rings. The van der Waals surface area contributed by atoms with Gasteiger partial charge in [-0.25, -0.2) is 0 Å². The van der Waals surface area contributed by atoms with Crippen LogP contribution in [0.5, 0.6) is 5.75 Å². The zero-order valence-corrected chi connectivity index (χ0v) is 11.0. The summed E-state index contributed by atoms with van der Waals surface area (Å²) in [5.74, 6) is 0.776. The second-order valence-corrected chi connectivity index (χ2v) is 5.13. The molecule has 0 unspecified atom stereocenters. The molecule has 90 valence electrons. The predicted octanol–water partition coefficient (Wildman–Crippen LogP) is 3.40. The molecule has 0 bridgehead atoms. The summed E-state index contributed by atoms with van der Waals surface area (Å²) in [4.78, 5) is 5.08. The predicted molar refractivity (Wildman–Crippen MR) is 70.5 cm³/mol. The Kier molecular flexibility index (Phi) is 3.99. The maximum atomic E-state index is 5.94. The highest BCUT2D eigenvalue weighted by atomic mass is 35.5. The summed E-state index contributed by atoms with van der Waals surface area (Å²) < 4.78 is 5.73. The average molecular weight is 269 g/mol. The lowest BCUT2D eigenvalue weighted by Crippen LogP contribution is -2.07. The lowest BCUT2D eigenvalue weighted by Gasteiger charge is -2.13. The van der Waals surface area contributed by atoms with E-state index in [4.69, 9.17) is 22.1 Å². The van der Waals surface area contributed by atoms with E-state index in [2.05, 4.69) is 4.98 Å². The van der Waals surface area contributed by atoms with Crippen molar-refractivity contribution in [2.24, 2.45) is 5.73 Å². The van der Waals surface area contributed by atoms with E-state index in [1.54, 1.807) is 29.1 Å². The van der Waals surface area contributed by atoms with Gasteiger partial charge in [-0.3, -0.25) is 4.98 Å². The minimum absolute atomic E-state index is 0.106. The van der Waals surface area contributed by atoms with E-state index in [0.29, 0.717) is 11.6 Å². The molecule has 1 heterocycles. The van der Waals surface area contributed by atoms with Gasteiger partial charge in [0.2, 0.25) is 0 Å². The lowest BCUT2D eigenvalue weighted by atomic mass is 10.1. The molecule has 0 saturated carbocycles. The summed E-state index contributed by atoms with van der Waals surface area (Å²) in [6.45, 7) is 2.41. The van der Waals surface area contributed by atoms with E-state index < -0.39 is 0 Å². The molecule has 0 radical (unpaired) electrons. The zero-order valence-electron chi connectivity index (χ0n) is 9.39. The van der Waals surface area contributed by atoms with Crippen molar-refractivity contribution in [3.63, 3.8) is 0 Å². The van der Waals surface area contributed by atoms with Crippen molar-refractivity contribution in [3.8, 4) is 5.75 Å². The Hall–Kier alpha value is -1.10. The summed E-state index contributed by atoms with van der Waals surface area (Å²) >= 11 is 7.51. The number of ether oxygens (including phenoxy) is 1. The van der Waals surface area contributed by atoms with E-state index in [9.17, 15) is 0 Å². The van der Waals surface area contributed by atoms with E-state index in [0.717, 1.165) is 16.2 Å². The van der Waals surface area contributed by atoms with Crippen LogP contribution in [-0.2, 0) is 6.61 Å². The van der Waals surface area contributed by atoms with Crippen LogP contribution in [0.3, 0.4) is 0 Å². The average Bonchev–Trinajstić information content (AvgIpc) is 2.80. The number of nitrogens with two attached hydrogens (primary N) is 1. The number of aromatic nitrogens is 1. The van der Waals surface area contributed by atoms with Crippen LogP contribution in [0, 0.1) is 0 Å². The van der Waals surface area contributed by atoms with Crippen molar-refractivity contribution in [2.45, 2.75) is 19.6 Å². The number of thiazole rings is 1. The third-order valence-electron chi connectivity index (χ3n) is 2.32. The Morgan fingerprint density at radius 2 is 2.35 bits per heavy atom. The second-order valence-electron chi connectivity index (χ2n) is 3.73. The van der Waals surface area contributed by atoms with Crippen LogP contribution < -0.4 is 10.5 Å². The first-order chi connectivity index (χ1) is 8.16. The summed E-state index contributed by atoms with van der Waals surface area (Å²) in [6.07, 6.45) is 1.80. The Balaban J connectivity index is 2.14. The molecule has 17 heavy (non-hydrogen) atoms. The Morgan fingerprint density at radius 3 is 3.00 bits per heavy atom. The maximum Gasteiger partial charge on any atom is 0.124 e. The van der Waals surface area contributed by atoms with Crippen LogP contribution in [0.15, 0.2) is 29.9 Å². The molecule has 2 rings (SSSR count). The number of hydrogen-bond donors (Lipinski definition) is 1. The molecule has 2 N–H and O–H groups in total. The molecule has 0 amide bonds. The van der Waals surface area contributed by atoms with Gasteiger partial charge in [0.1, 0.15) is 12.4 Å². The smallest absolute Gasteiger partial charge is 0.124 e. The fraction of sp³-hybridized carbons (Fsp3) is 0.250. The third kappa shape index (κ3) is 3.19. The van der Waals surface area contributed by atoms with Crippen molar-refractivity contribution >= 4 is 22.9 Å². The van der Waals surface area contributed by atoms with Gasteiger partial charge in [0, 0.05) is 22.8 Å². The third-order valence-corrected chi connectivity index (χ3v) is 3.30. The topological polar surface area (TPSA) is 48.1 Å². The fourth-order valence-corrected chi connectivity index (χ4v) is 2.16. The molecule has 3 nitrogen and oxygen atoms in total. The van der Waals surface area contributed by atoms with Crippen LogP contribution >= 0.6 is 22.9 Å². The highest BCUT2D eigenvalue weighted by Gasteiger charge is 2.09. The van der Waals surface area contributed by atoms with Gasteiger partial charge in [-0.05, 0) is 25.1 Å². The summed E-state index contributed by atoms with van der Waals surface area (Å²) in [7, 11) is 0. The van der Waals surface area contributed by atoms with E-state index in [1.165, 1.54) is 0 Å². The molecule has 1 aromatic carbocycles. The molecular formula is C12H13ClN2OS. The van der Waals surface area contributed by atoms with Gasteiger partial charge < -0.3 is 10.5 Å². The van der Waals surface area contributed by atoms with Crippen LogP contribution in [0.1, 0.15) is 23.4 Å². The van der Waals surface area contributed by atoms with Crippen LogP contribution in [-0.4, -0.2) is 4.98 Å². The molecule has 1 atom stereocenters. The van der Waals surface area contributed by atoms with Crippen LogP contribution in [0.2, 0.25) is 5.02 Å².